The zero-order chi connectivity index (χ0) is 13.1. The first kappa shape index (κ1) is 13.6. The van der Waals surface area contributed by atoms with E-state index >= 15 is 0 Å². The molecule has 0 amide bonds. The molecule has 1 aromatic carbocycles. The second kappa shape index (κ2) is 5.27. The maximum atomic E-state index is 9.36. The molecule has 0 aliphatic heterocycles. The minimum absolute atomic E-state index is 0.0717. The van der Waals surface area contributed by atoms with Crippen molar-refractivity contribution >= 4 is 11.4 Å². The standard InChI is InChI=1S/C13H22N2O2/c1-5-17-12-7-10(14)6-11(8-12)15(4)13(2,3)9-16/h6-8,16H,5,9,14H2,1-4H3. The Hall–Kier alpha value is -1.42. The maximum absolute atomic E-state index is 9.36. The molecule has 3 N–H and O–H groups in total. The van der Waals surface area contributed by atoms with Crippen LogP contribution in [0.15, 0.2) is 18.2 Å². The monoisotopic (exact) mass is 238 g/mol. The molecule has 0 spiro atoms. The number of aliphatic hydroxyl groups excluding tert-OH is 1. The van der Waals surface area contributed by atoms with Crippen molar-refractivity contribution in [3.8, 4) is 5.75 Å². The van der Waals surface area contributed by atoms with Crippen molar-refractivity contribution in [2.75, 3.05) is 30.9 Å². The van der Waals surface area contributed by atoms with Gasteiger partial charge in [-0.2, -0.15) is 0 Å². The van der Waals surface area contributed by atoms with Crippen molar-refractivity contribution in [3.63, 3.8) is 0 Å². The van der Waals surface area contributed by atoms with Crippen LogP contribution in [-0.4, -0.2) is 30.9 Å². The van der Waals surface area contributed by atoms with Crippen molar-refractivity contribution in [3.05, 3.63) is 18.2 Å². The molecule has 4 nitrogen and oxygen atoms in total. The number of aliphatic hydroxyl groups is 1. The highest BCUT2D eigenvalue weighted by Crippen LogP contribution is 2.28. The normalized spacial score (nSPS) is 11.4. The van der Waals surface area contributed by atoms with Crippen molar-refractivity contribution in [2.45, 2.75) is 26.3 Å². The van der Waals surface area contributed by atoms with E-state index in [0.29, 0.717) is 12.3 Å². The Morgan fingerprint density at radius 1 is 1.35 bits per heavy atom. The molecule has 1 rings (SSSR count). The van der Waals surface area contributed by atoms with Crippen molar-refractivity contribution in [2.24, 2.45) is 0 Å². The summed E-state index contributed by atoms with van der Waals surface area (Å²) in [5.74, 6) is 0.753. The molecule has 0 radical (unpaired) electrons. The van der Waals surface area contributed by atoms with Crippen LogP contribution >= 0.6 is 0 Å². The van der Waals surface area contributed by atoms with Crippen LogP contribution in [0.4, 0.5) is 11.4 Å². The topological polar surface area (TPSA) is 58.7 Å². The minimum Gasteiger partial charge on any atom is -0.494 e. The molecule has 1 aromatic rings. The summed E-state index contributed by atoms with van der Waals surface area (Å²) in [6, 6.07) is 5.60. The number of hydrogen-bond donors (Lipinski definition) is 2. The fraction of sp³-hybridized carbons (Fsp3) is 0.538. The van der Waals surface area contributed by atoms with E-state index in [-0.39, 0.29) is 12.1 Å². The SMILES string of the molecule is CCOc1cc(N)cc(N(C)C(C)(C)CO)c1. The molecule has 0 atom stereocenters. The van der Waals surface area contributed by atoms with Gasteiger partial charge in [0.2, 0.25) is 0 Å². The fourth-order valence-corrected chi connectivity index (χ4v) is 1.50. The van der Waals surface area contributed by atoms with Crippen LogP contribution in [0.3, 0.4) is 0 Å². The summed E-state index contributed by atoms with van der Waals surface area (Å²) in [6.07, 6.45) is 0. The van der Waals surface area contributed by atoms with Gasteiger partial charge in [0.1, 0.15) is 5.75 Å². The Kier molecular flexibility index (Phi) is 4.23. The van der Waals surface area contributed by atoms with E-state index in [0.717, 1.165) is 11.4 Å². The molecule has 0 fully saturated rings. The molecule has 96 valence electrons. The van der Waals surface area contributed by atoms with Gasteiger partial charge in [-0.05, 0) is 26.8 Å². The summed E-state index contributed by atoms with van der Waals surface area (Å²) in [6.45, 7) is 6.55. The Labute approximate surface area is 103 Å². The molecule has 0 heterocycles. The lowest BCUT2D eigenvalue weighted by Crippen LogP contribution is -2.44. The number of anilines is 2. The molecule has 0 aromatic heterocycles. The predicted octanol–water partition coefficient (Wildman–Crippen LogP) is 1.87. The van der Waals surface area contributed by atoms with Gasteiger partial charge in [0, 0.05) is 30.6 Å². The number of nitrogens with zero attached hydrogens (tertiary/aromatic N) is 1. The number of nitrogen functional groups attached to an aromatic ring is 1. The Balaban J connectivity index is 3.05. The summed E-state index contributed by atoms with van der Waals surface area (Å²) < 4.78 is 5.45. The lowest BCUT2D eigenvalue weighted by atomic mass is 10.0. The quantitative estimate of drug-likeness (QED) is 0.769. The smallest absolute Gasteiger partial charge is 0.123 e. The van der Waals surface area contributed by atoms with Crippen LogP contribution in [0, 0.1) is 0 Å². The molecular weight excluding hydrogens is 216 g/mol. The molecule has 0 saturated carbocycles. The average molecular weight is 238 g/mol. The summed E-state index contributed by atoms with van der Waals surface area (Å²) in [5, 5.41) is 9.36. The van der Waals surface area contributed by atoms with Gasteiger partial charge in [-0.1, -0.05) is 0 Å². The molecule has 0 bridgehead atoms. The van der Waals surface area contributed by atoms with E-state index in [1.807, 2.05) is 44.9 Å². The van der Waals surface area contributed by atoms with Crippen LogP contribution < -0.4 is 15.4 Å². The van der Waals surface area contributed by atoms with E-state index < -0.39 is 0 Å². The molecule has 17 heavy (non-hydrogen) atoms. The first-order valence-corrected chi connectivity index (χ1v) is 5.78. The van der Waals surface area contributed by atoms with Crippen LogP contribution in [0.1, 0.15) is 20.8 Å². The zero-order valence-corrected chi connectivity index (χ0v) is 11.0. The molecule has 0 aliphatic rings. The number of likely N-dealkylation sites (N-methyl/N-ethyl adjacent to an activating group) is 1. The third-order valence-corrected chi connectivity index (χ3v) is 2.91. The van der Waals surface area contributed by atoms with Gasteiger partial charge in [0.15, 0.2) is 0 Å². The third kappa shape index (κ3) is 3.27. The average Bonchev–Trinajstić information content (AvgIpc) is 2.27. The highest BCUT2D eigenvalue weighted by atomic mass is 16.5. The minimum atomic E-state index is -0.336. The van der Waals surface area contributed by atoms with Crippen LogP contribution in [0.2, 0.25) is 0 Å². The second-order valence-corrected chi connectivity index (χ2v) is 4.72. The highest BCUT2D eigenvalue weighted by Gasteiger charge is 2.23. The second-order valence-electron chi connectivity index (χ2n) is 4.72. The Morgan fingerprint density at radius 2 is 2.00 bits per heavy atom. The molecule has 0 saturated heterocycles. The maximum Gasteiger partial charge on any atom is 0.123 e. The van der Waals surface area contributed by atoms with Gasteiger partial charge in [-0.15, -0.1) is 0 Å². The summed E-state index contributed by atoms with van der Waals surface area (Å²) in [7, 11) is 1.93. The molecule has 0 aliphatic carbocycles. The van der Waals surface area contributed by atoms with E-state index in [9.17, 15) is 5.11 Å². The number of ether oxygens (including phenoxy) is 1. The summed E-state index contributed by atoms with van der Waals surface area (Å²) >= 11 is 0. The molecular formula is C13H22N2O2. The van der Waals surface area contributed by atoms with E-state index in [2.05, 4.69) is 0 Å². The number of benzene rings is 1. The van der Waals surface area contributed by atoms with E-state index in [4.69, 9.17) is 10.5 Å². The Morgan fingerprint density at radius 3 is 2.53 bits per heavy atom. The largest absolute Gasteiger partial charge is 0.494 e. The van der Waals surface area contributed by atoms with Gasteiger partial charge >= 0.3 is 0 Å². The fourth-order valence-electron chi connectivity index (χ4n) is 1.50. The van der Waals surface area contributed by atoms with E-state index in [1.165, 1.54) is 0 Å². The Bertz CT molecular complexity index is 378. The summed E-state index contributed by atoms with van der Waals surface area (Å²) in [5.41, 5.74) is 7.10. The number of rotatable bonds is 5. The van der Waals surface area contributed by atoms with Gasteiger partial charge in [-0.25, -0.2) is 0 Å². The van der Waals surface area contributed by atoms with Crippen molar-refractivity contribution < 1.29 is 9.84 Å². The number of hydrogen-bond acceptors (Lipinski definition) is 4. The lowest BCUT2D eigenvalue weighted by molar-refractivity contribution is 0.216. The third-order valence-electron chi connectivity index (χ3n) is 2.91. The van der Waals surface area contributed by atoms with Crippen molar-refractivity contribution in [1.29, 1.82) is 0 Å². The van der Waals surface area contributed by atoms with Crippen LogP contribution in [0.25, 0.3) is 0 Å². The van der Waals surface area contributed by atoms with Gasteiger partial charge < -0.3 is 20.5 Å². The predicted molar refractivity (Wildman–Crippen MR) is 71.6 cm³/mol. The lowest BCUT2D eigenvalue weighted by Gasteiger charge is -2.36. The highest BCUT2D eigenvalue weighted by molar-refractivity contribution is 5.61. The zero-order valence-electron chi connectivity index (χ0n) is 11.0. The van der Waals surface area contributed by atoms with Crippen LogP contribution in [-0.2, 0) is 0 Å². The van der Waals surface area contributed by atoms with E-state index in [1.54, 1.807) is 6.07 Å². The first-order valence-electron chi connectivity index (χ1n) is 5.78. The van der Waals surface area contributed by atoms with Gasteiger partial charge in [0.05, 0.1) is 18.8 Å². The molecule has 4 heteroatoms. The van der Waals surface area contributed by atoms with Crippen LogP contribution in [0.5, 0.6) is 5.75 Å². The first-order chi connectivity index (χ1) is 7.90. The van der Waals surface area contributed by atoms with Crippen molar-refractivity contribution in [1.82, 2.24) is 0 Å². The van der Waals surface area contributed by atoms with Gasteiger partial charge in [0.25, 0.3) is 0 Å². The molecule has 0 unspecified atom stereocenters. The van der Waals surface area contributed by atoms with Gasteiger partial charge in [-0.3, -0.25) is 0 Å². The number of nitrogens with two attached hydrogens (primary N) is 1. The summed E-state index contributed by atoms with van der Waals surface area (Å²) in [4.78, 5) is 1.99.